The smallest absolute Gasteiger partial charge is 0.322 e. The molecule has 46 heavy (non-hydrogen) atoms. The van der Waals surface area contributed by atoms with E-state index >= 15 is 0 Å². The molecule has 0 bridgehead atoms. The van der Waals surface area contributed by atoms with Gasteiger partial charge in [0.2, 0.25) is 0 Å². The van der Waals surface area contributed by atoms with Gasteiger partial charge in [0.1, 0.15) is 11.4 Å². The van der Waals surface area contributed by atoms with Gasteiger partial charge >= 0.3 is 12.4 Å². The van der Waals surface area contributed by atoms with Gasteiger partial charge in [-0.1, -0.05) is 42.5 Å². The molecule has 3 N–H and O–H groups in total. The Morgan fingerprint density at radius 2 is 1.17 bits per heavy atom. The lowest BCUT2D eigenvalue weighted by molar-refractivity contribution is -0.138. The van der Waals surface area contributed by atoms with E-state index in [1.165, 1.54) is 42.6 Å². The van der Waals surface area contributed by atoms with E-state index in [4.69, 9.17) is 0 Å². The first-order valence-electron chi connectivity index (χ1n) is 13.4. The van der Waals surface area contributed by atoms with Gasteiger partial charge in [-0.2, -0.15) is 31.4 Å². The van der Waals surface area contributed by atoms with Gasteiger partial charge in [0.15, 0.2) is 0 Å². The molecule has 0 aliphatic heterocycles. The molecule has 13 heteroatoms. The van der Waals surface area contributed by atoms with Crippen LogP contribution in [0.5, 0.6) is 0 Å². The summed E-state index contributed by atoms with van der Waals surface area (Å²) in [4.78, 5) is 27.9. The van der Waals surface area contributed by atoms with Crippen LogP contribution in [0.15, 0.2) is 115 Å². The van der Waals surface area contributed by atoms with Crippen LogP contribution in [0.3, 0.4) is 0 Å². The maximum absolute atomic E-state index is 14.0. The van der Waals surface area contributed by atoms with Crippen LogP contribution in [-0.2, 0) is 21.9 Å². The average Bonchev–Trinajstić information content (AvgIpc) is 3.49. The van der Waals surface area contributed by atoms with Crippen molar-refractivity contribution in [3.63, 3.8) is 0 Å². The van der Waals surface area contributed by atoms with Gasteiger partial charge in [-0.25, -0.2) is 4.39 Å². The monoisotopic (exact) mass is 638 g/mol. The van der Waals surface area contributed by atoms with Crippen LogP contribution < -0.4 is 10.6 Å². The SMILES string of the molecule is O=C(Nc1cccc(C(F)(F)F)c1)C(C(=O)Nc1cccc(C(F)(F)F)c1)=C(c1ccccc1)c1c[nH]nc1-c1ccc(F)cc1. The van der Waals surface area contributed by atoms with Gasteiger partial charge in [0.25, 0.3) is 11.8 Å². The average molecular weight is 639 g/mol. The second-order valence-corrected chi connectivity index (χ2v) is 9.84. The summed E-state index contributed by atoms with van der Waals surface area (Å²) in [6, 6.07) is 20.5. The Kier molecular flexibility index (Phi) is 8.76. The van der Waals surface area contributed by atoms with Gasteiger partial charge in [-0.3, -0.25) is 14.7 Å². The minimum absolute atomic E-state index is 0.0670. The Hall–Kier alpha value is -5.72. The molecule has 0 aliphatic carbocycles. The fraction of sp³-hybridized carbons (Fsp3) is 0.0606. The number of hydrogen-bond donors (Lipinski definition) is 3. The number of rotatable bonds is 7. The lowest BCUT2D eigenvalue weighted by Crippen LogP contribution is -2.27. The lowest BCUT2D eigenvalue weighted by atomic mass is 9.90. The Bertz CT molecular complexity index is 1840. The molecule has 5 aromatic rings. The highest BCUT2D eigenvalue weighted by Crippen LogP contribution is 2.36. The highest BCUT2D eigenvalue weighted by molar-refractivity contribution is 6.31. The first kappa shape index (κ1) is 31.7. The zero-order valence-electron chi connectivity index (χ0n) is 23.3. The number of nitrogens with zero attached hydrogens (tertiary/aromatic N) is 1. The van der Waals surface area contributed by atoms with E-state index in [0.29, 0.717) is 17.7 Å². The predicted octanol–water partition coefficient (Wildman–Crippen LogP) is 8.33. The van der Waals surface area contributed by atoms with Crippen molar-refractivity contribution in [2.24, 2.45) is 0 Å². The van der Waals surface area contributed by atoms with E-state index in [2.05, 4.69) is 20.8 Å². The number of aromatic nitrogens is 2. The van der Waals surface area contributed by atoms with Crippen LogP contribution in [0.25, 0.3) is 16.8 Å². The molecule has 0 aliphatic rings. The topological polar surface area (TPSA) is 86.9 Å². The Balaban J connectivity index is 1.71. The fourth-order valence-electron chi connectivity index (χ4n) is 4.61. The summed E-state index contributed by atoms with van der Waals surface area (Å²) in [6.07, 6.45) is -8.12. The minimum atomic E-state index is -4.74. The molecule has 0 atom stereocenters. The van der Waals surface area contributed by atoms with E-state index in [1.54, 1.807) is 30.3 Å². The Morgan fingerprint density at radius 1 is 0.652 bits per heavy atom. The first-order valence-corrected chi connectivity index (χ1v) is 13.4. The summed E-state index contributed by atoms with van der Waals surface area (Å²) >= 11 is 0. The van der Waals surface area contributed by atoms with Crippen LogP contribution in [0.2, 0.25) is 0 Å². The number of halogens is 7. The lowest BCUT2D eigenvalue weighted by Gasteiger charge is -2.18. The van der Waals surface area contributed by atoms with Crippen LogP contribution in [0.1, 0.15) is 22.3 Å². The van der Waals surface area contributed by atoms with Crippen molar-refractivity contribution in [1.82, 2.24) is 10.2 Å². The zero-order chi connectivity index (χ0) is 33.1. The normalized spacial score (nSPS) is 11.5. The van der Waals surface area contributed by atoms with Crippen molar-refractivity contribution in [3.05, 3.63) is 143 Å². The molecule has 5 rings (SSSR count). The maximum atomic E-state index is 14.0. The van der Waals surface area contributed by atoms with Crippen LogP contribution in [0, 0.1) is 5.82 Å². The molecular weight excluding hydrogens is 617 g/mol. The number of aromatic amines is 1. The zero-order valence-corrected chi connectivity index (χ0v) is 23.3. The Labute approximate surface area is 256 Å². The second-order valence-electron chi connectivity index (χ2n) is 9.84. The second kappa shape index (κ2) is 12.7. The summed E-state index contributed by atoms with van der Waals surface area (Å²) in [6.45, 7) is 0. The van der Waals surface area contributed by atoms with Gasteiger partial charge in [-0.15, -0.1) is 0 Å². The van der Waals surface area contributed by atoms with Crippen molar-refractivity contribution in [3.8, 4) is 11.3 Å². The van der Waals surface area contributed by atoms with Gasteiger partial charge in [0.05, 0.1) is 16.8 Å². The molecule has 0 unspecified atom stereocenters. The van der Waals surface area contributed by atoms with Gasteiger partial charge in [0, 0.05) is 34.3 Å². The van der Waals surface area contributed by atoms with Crippen molar-refractivity contribution in [1.29, 1.82) is 0 Å². The fourth-order valence-corrected chi connectivity index (χ4v) is 4.61. The largest absolute Gasteiger partial charge is 0.416 e. The number of carbonyl (C=O) groups excluding carboxylic acids is 2. The number of carbonyl (C=O) groups is 2. The van der Waals surface area contributed by atoms with E-state index in [0.717, 1.165) is 24.3 Å². The molecule has 4 aromatic carbocycles. The summed E-state index contributed by atoms with van der Waals surface area (Å²) in [5, 5.41) is 11.5. The highest BCUT2D eigenvalue weighted by atomic mass is 19.4. The molecule has 1 heterocycles. The quantitative estimate of drug-likeness (QED) is 0.0725. The van der Waals surface area contributed by atoms with Gasteiger partial charge < -0.3 is 10.6 Å². The molecule has 0 radical (unpaired) electrons. The molecule has 0 saturated heterocycles. The summed E-state index contributed by atoms with van der Waals surface area (Å²) in [5.41, 5.74) is -2.48. The molecule has 0 saturated carbocycles. The third-order valence-corrected chi connectivity index (χ3v) is 6.69. The molecule has 1 aromatic heterocycles. The molecular formula is C33H21F7N4O2. The van der Waals surface area contributed by atoms with Gasteiger partial charge in [-0.05, 0) is 66.2 Å². The van der Waals surface area contributed by atoms with E-state index in [1.807, 2.05) is 0 Å². The summed E-state index contributed by atoms with van der Waals surface area (Å²) in [7, 11) is 0. The third-order valence-electron chi connectivity index (χ3n) is 6.69. The standard InChI is InChI=1S/C33H21F7N4O2/c34-23-14-12-20(13-15-23)29-26(18-41-44-29)27(19-6-2-1-3-7-19)28(30(45)42-24-10-4-8-21(16-24)32(35,36)37)31(46)43-25-11-5-9-22(17-25)33(38,39)40/h1-18H,(H,41,44)(H,42,45)(H,43,46). The number of benzene rings is 4. The molecule has 0 fully saturated rings. The first-order chi connectivity index (χ1) is 21.8. The summed E-state index contributed by atoms with van der Waals surface area (Å²) in [5.74, 6) is -2.89. The van der Waals surface area contributed by atoms with E-state index < -0.39 is 46.7 Å². The number of H-pyrrole nitrogens is 1. The van der Waals surface area contributed by atoms with E-state index in [-0.39, 0.29) is 33.8 Å². The van der Waals surface area contributed by atoms with Crippen LogP contribution >= 0.6 is 0 Å². The number of anilines is 2. The molecule has 6 nitrogen and oxygen atoms in total. The van der Waals surface area contributed by atoms with Crippen molar-refractivity contribution in [2.45, 2.75) is 12.4 Å². The number of amides is 2. The van der Waals surface area contributed by atoms with Crippen molar-refractivity contribution in [2.75, 3.05) is 10.6 Å². The number of hydrogen-bond acceptors (Lipinski definition) is 3. The maximum Gasteiger partial charge on any atom is 0.416 e. The van der Waals surface area contributed by atoms with E-state index in [9.17, 15) is 40.3 Å². The predicted molar refractivity (Wildman–Crippen MR) is 157 cm³/mol. The molecule has 234 valence electrons. The minimum Gasteiger partial charge on any atom is -0.322 e. The van der Waals surface area contributed by atoms with Crippen LogP contribution in [-0.4, -0.2) is 22.0 Å². The number of alkyl halides is 6. The third kappa shape index (κ3) is 7.15. The van der Waals surface area contributed by atoms with Crippen molar-refractivity contribution >= 4 is 28.8 Å². The number of nitrogens with one attached hydrogen (secondary N) is 3. The molecule has 2 amide bonds. The van der Waals surface area contributed by atoms with Crippen molar-refractivity contribution < 1.29 is 40.3 Å². The van der Waals surface area contributed by atoms with Crippen LogP contribution in [0.4, 0.5) is 42.1 Å². The molecule has 0 spiro atoms. The Morgan fingerprint density at radius 3 is 1.67 bits per heavy atom. The summed E-state index contributed by atoms with van der Waals surface area (Å²) < 4.78 is 94.2. The highest BCUT2D eigenvalue weighted by Gasteiger charge is 2.33.